The van der Waals surface area contributed by atoms with Gasteiger partial charge in [0.05, 0.1) is 11.9 Å². The number of nitrogens with one attached hydrogen (secondary N) is 3. The van der Waals surface area contributed by atoms with Crippen molar-refractivity contribution in [1.82, 2.24) is 9.97 Å². The van der Waals surface area contributed by atoms with E-state index in [1.54, 1.807) is 24.3 Å². The minimum absolute atomic E-state index is 0.000911. The van der Waals surface area contributed by atoms with Crippen molar-refractivity contribution in [3.05, 3.63) is 71.2 Å². The number of aryl methyl sites for hydroxylation is 1. The molecule has 0 spiro atoms. The number of rotatable bonds is 9. The van der Waals surface area contributed by atoms with Crippen LogP contribution in [0.3, 0.4) is 0 Å². The van der Waals surface area contributed by atoms with E-state index in [4.69, 9.17) is 10.5 Å². The van der Waals surface area contributed by atoms with E-state index in [2.05, 4.69) is 40.2 Å². The fraction of sp³-hybridized carbons (Fsp3) is 0.261. The molecule has 9 heteroatoms. The number of nitrogens with two attached hydrogens (primary N) is 1. The van der Waals surface area contributed by atoms with Crippen LogP contribution in [0.25, 0.3) is 0 Å². The number of anilines is 2. The number of urea groups is 1. The second-order valence-corrected chi connectivity index (χ2v) is 7.85. The number of hydrogen-bond donors (Lipinski definition) is 5. The number of aromatic amines is 1. The molecule has 5 N–H and O–H groups in total. The van der Waals surface area contributed by atoms with Gasteiger partial charge >= 0.3 is 6.03 Å². The summed E-state index contributed by atoms with van der Waals surface area (Å²) in [6.45, 7) is 4.73. The maximum atomic E-state index is 12.5. The predicted octanol–water partition coefficient (Wildman–Crippen LogP) is 4.66. The highest BCUT2D eigenvalue weighted by Gasteiger charge is 2.21. The first-order valence-corrected chi connectivity index (χ1v) is 10.8. The van der Waals surface area contributed by atoms with Gasteiger partial charge in [0, 0.05) is 5.69 Å². The van der Waals surface area contributed by atoms with Gasteiger partial charge < -0.3 is 20.8 Å². The smallest absolute Gasteiger partial charge is 0.324 e. The average molecular weight is 454 g/mol. The monoisotopic (exact) mass is 453 g/mol. The zero-order chi connectivity index (χ0) is 23.1. The molecule has 0 saturated carbocycles. The van der Waals surface area contributed by atoms with Gasteiger partial charge in [-0.1, -0.05) is 43.2 Å². The van der Waals surface area contributed by atoms with Crippen LogP contribution in [0.4, 0.5) is 16.3 Å². The molecule has 1 unspecified atom stereocenters. The summed E-state index contributed by atoms with van der Waals surface area (Å²) < 4.78 is 5.61. The van der Waals surface area contributed by atoms with Gasteiger partial charge in [-0.05, 0) is 43.2 Å². The lowest BCUT2D eigenvalue weighted by molar-refractivity contribution is 0.0997. The number of hydrogen-bond acceptors (Lipinski definition) is 5. The predicted molar refractivity (Wildman–Crippen MR) is 129 cm³/mol. The number of aromatic nitrogens is 2. The Morgan fingerprint density at radius 3 is 2.44 bits per heavy atom. The van der Waals surface area contributed by atoms with Crippen molar-refractivity contribution in [2.24, 2.45) is 5.73 Å². The lowest BCUT2D eigenvalue weighted by atomic mass is 10.1. The first kappa shape index (κ1) is 23.2. The van der Waals surface area contributed by atoms with Crippen molar-refractivity contribution in [3.63, 3.8) is 0 Å². The summed E-state index contributed by atoms with van der Waals surface area (Å²) >= 11 is 4.60. The summed E-state index contributed by atoms with van der Waals surface area (Å²) in [5, 5.41) is 4.85. The minimum atomic E-state index is -0.739. The summed E-state index contributed by atoms with van der Waals surface area (Å²) in [6.07, 6.45) is 2.04. The molecule has 2 aromatic carbocycles. The highest BCUT2D eigenvalue weighted by molar-refractivity contribution is 7.80. The van der Waals surface area contributed by atoms with Crippen LogP contribution < -0.4 is 21.1 Å². The van der Waals surface area contributed by atoms with Crippen molar-refractivity contribution < 1.29 is 14.3 Å². The fourth-order valence-corrected chi connectivity index (χ4v) is 3.23. The second kappa shape index (κ2) is 10.7. The van der Waals surface area contributed by atoms with Gasteiger partial charge in [-0.15, -0.1) is 0 Å². The summed E-state index contributed by atoms with van der Waals surface area (Å²) in [4.78, 5) is 31.5. The summed E-state index contributed by atoms with van der Waals surface area (Å²) in [6, 6.07) is 14.2. The molecule has 0 bridgehead atoms. The van der Waals surface area contributed by atoms with E-state index in [0.717, 1.165) is 29.7 Å². The number of primary amides is 1. The van der Waals surface area contributed by atoms with E-state index in [1.165, 1.54) is 0 Å². The second-order valence-electron chi connectivity index (χ2n) is 7.33. The van der Waals surface area contributed by atoms with Crippen LogP contribution in [0.2, 0.25) is 0 Å². The lowest BCUT2D eigenvalue weighted by Gasteiger charge is -2.09. The zero-order valence-corrected chi connectivity index (χ0v) is 18.9. The summed E-state index contributed by atoms with van der Waals surface area (Å²) in [7, 11) is 0. The molecule has 3 rings (SSSR count). The van der Waals surface area contributed by atoms with Gasteiger partial charge in [0.1, 0.15) is 17.3 Å². The van der Waals surface area contributed by atoms with Gasteiger partial charge in [-0.2, -0.15) is 12.6 Å². The molecule has 3 amide bonds. The fourth-order valence-electron chi connectivity index (χ4n) is 2.94. The van der Waals surface area contributed by atoms with Crippen LogP contribution in [0.15, 0.2) is 48.5 Å². The number of benzene rings is 2. The maximum absolute atomic E-state index is 12.5. The Bertz CT molecular complexity index is 1060. The van der Waals surface area contributed by atoms with Gasteiger partial charge in [0.2, 0.25) is 0 Å². The number of nitrogens with zero attached hydrogens (tertiary/aromatic N) is 1. The highest BCUT2D eigenvalue weighted by atomic mass is 32.1. The molecule has 0 aliphatic rings. The normalized spacial score (nSPS) is 11.6. The molecule has 0 saturated heterocycles. The molecule has 1 heterocycles. The number of carbonyl (C=O) groups excluding carboxylic acids is 2. The van der Waals surface area contributed by atoms with Crippen LogP contribution in [0.1, 0.15) is 52.5 Å². The van der Waals surface area contributed by atoms with Gasteiger partial charge in [0.25, 0.3) is 5.91 Å². The molecule has 0 aliphatic carbocycles. The average Bonchev–Trinajstić information content (AvgIpc) is 3.19. The number of H-pyrrole nitrogens is 1. The molecule has 1 aromatic heterocycles. The van der Waals surface area contributed by atoms with Crippen molar-refractivity contribution in [1.29, 1.82) is 0 Å². The number of amides is 3. The molecular weight excluding hydrogens is 426 g/mol. The molecule has 32 heavy (non-hydrogen) atoms. The topological polar surface area (TPSA) is 122 Å². The van der Waals surface area contributed by atoms with E-state index < -0.39 is 17.2 Å². The van der Waals surface area contributed by atoms with Crippen molar-refractivity contribution in [2.75, 3.05) is 17.2 Å². The third-order valence-electron chi connectivity index (χ3n) is 4.73. The molecule has 8 nitrogen and oxygen atoms in total. The van der Waals surface area contributed by atoms with Crippen LogP contribution in [0, 0.1) is 6.92 Å². The summed E-state index contributed by atoms with van der Waals surface area (Å²) in [5.74, 6) is 0.427. The van der Waals surface area contributed by atoms with Crippen molar-refractivity contribution >= 4 is 36.1 Å². The molecule has 168 valence electrons. The number of carbonyl (C=O) groups is 2. The third kappa shape index (κ3) is 6.04. The van der Waals surface area contributed by atoms with Gasteiger partial charge in [0.15, 0.2) is 5.82 Å². The molecule has 0 fully saturated rings. The Morgan fingerprint density at radius 1 is 1.12 bits per heavy atom. The van der Waals surface area contributed by atoms with Crippen LogP contribution in [-0.2, 0) is 0 Å². The van der Waals surface area contributed by atoms with Crippen molar-refractivity contribution in [3.8, 4) is 5.75 Å². The Morgan fingerprint density at radius 2 is 1.81 bits per heavy atom. The van der Waals surface area contributed by atoms with E-state index >= 15 is 0 Å². The van der Waals surface area contributed by atoms with E-state index in [1.807, 2.05) is 31.2 Å². The molecule has 0 radical (unpaired) electrons. The Kier molecular flexibility index (Phi) is 7.77. The first-order valence-electron chi connectivity index (χ1n) is 10.3. The van der Waals surface area contributed by atoms with E-state index in [0.29, 0.717) is 18.1 Å². The molecular formula is C23H27N5O3S. The number of thiol groups is 1. The largest absolute Gasteiger partial charge is 0.494 e. The van der Waals surface area contributed by atoms with E-state index in [9.17, 15) is 9.59 Å². The number of ether oxygens (including phenoxy) is 1. The lowest BCUT2D eigenvalue weighted by Crippen LogP contribution is -2.22. The quantitative estimate of drug-likeness (QED) is 0.239. The SMILES string of the molecule is CCCCOc1ccc(NC(=O)Nc2nc(C(S)c3ccc(C)cc3)[nH]c2C(N)=O)cc1. The van der Waals surface area contributed by atoms with Gasteiger partial charge in [-0.25, -0.2) is 9.78 Å². The molecule has 1 atom stereocenters. The first-order chi connectivity index (χ1) is 15.4. The van der Waals surface area contributed by atoms with Crippen LogP contribution in [-0.4, -0.2) is 28.5 Å². The van der Waals surface area contributed by atoms with Crippen LogP contribution >= 0.6 is 12.6 Å². The Balaban J connectivity index is 1.68. The number of imidazole rings is 1. The standard InChI is InChI=1S/C23H27N5O3S/c1-3-4-13-31-17-11-9-16(10-12-17)25-23(30)28-21-18(20(24)29)26-22(27-21)19(32)15-7-5-14(2)6-8-15/h5-12,19,32H,3-4,13H2,1-2H3,(H2,24,29)(H,26,27)(H2,25,28,30). The number of unbranched alkanes of at least 4 members (excludes halogenated alkanes) is 1. The van der Waals surface area contributed by atoms with E-state index in [-0.39, 0.29) is 11.5 Å². The highest BCUT2D eigenvalue weighted by Crippen LogP contribution is 2.28. The van der Waals surface area contributed by atoms with Crippen molar-refractivity contribution in [2.45, 2.75) is 31.9 Å². The minimum Gasteiger partial charge on any atom is -0.494 e. The Labute approximate surface area is 192 Å². The Hall–Kier alpha value is -3.46. The zero-order valence-electron chi connectivity index (χ0n) is 18.0. The summed E-state index contributed by atoms with van der Waals surface area (Å²) in [5.41, 5.74) is 8.03. The maximum Gasteiger partial charge on any atom is 0.324 e. The van der Waals surface area contributed by atoms with Crippen LogP contribution in [0.5, 0.6) is 5.75 Å². The third-order valence-corrected chi connectivity index (χ3v) is 5.27. The van der Waals surface area contributed by atoms with Gasteiger partial charge in [-0.3, -0.25) is 10.1 Å². The molecule has 0 aliphatic heterocycles. The molecule has 3 aromatic rings.